The van der Waals surface area contributed by atoms with E-state index in [0.29, 0.717) is 5.56 Å². The largest absolute Gasteiger partial charge is 0.384 e. The molecule has 4 nitrogen and oxygen atoms in total. The van der Waals surface area contributed by atoms with Gasteiger partial charge in [-0.05, 0) is 20.0 Å². The zero-order valence-electron chi connectivity index (χ0n) is 11.2. The molecule has 1 atom stereocenters. The smallest absolute Gasteiger partial charge is 0.255 e. The predicted molar refractivity (Wildman–Crippen MR) is 76.3 cm³/mol. The molecule has 0 aromatic carbocycles. The molecule has 5 heteroatoms. The topological polar surface area (TPSA) is 43.8 Å². The molecule has 102 valence electrons. The van der Waals surface area contributed by atoms with Gasteiger partial charge in [-0.3, -0.25) is 4.79 Å². The number of amides is 1. The lowest BCUT2D eigenvalue weighted by atomic mass is 10.1. The van der Waals surface area contributed by atoms with Gasteiger partial charge < -0.3 is 14.9 Å². The Morgan fingerprint density at radius 3 is 3.05 bits per heavy atom. The zero-order chi connectivity index (χ0) is 13.8. The third-order valence-corrected chi connectivity index (χ3v) is 4.07. The standard InChI is InChI=1S/C14H18N2O2S/c1-11-9-15(2)5-6-16(11)14(18)12-8-13(19-10-12)4-3-7-17/h8,10-11,17H,5-7,9H2,1-2H3. The van der Waals surface area contributed by atoms with Gasteiger partial charge in [0.15, 0.2) is 0 Å². The van der Waals surface area contributed by atoms with E-state index in [-0.39, 0.29) is 18.6 Å². The number of hydrogen-bond donors (Lipinski definition) is 1. The number of carbonyl (C=O) groups is 1. The number of aliphatic hydroxyl groups excluding tert-OH is 1. The molecule has 0 aliphatic carbocycles. The maximum atomic E-state index is 12.4. The predicted octanol–water partition coefficient (Wildman–Crippen LogP) is 0.868. The van der Waals surface area contributed by atoms with Crippen molar-refractivity contribution in [2.45, 2.75) is 13.0 Å². The number of rotatable bonds is 1. The molecule has 1 aromatic rings. The Morgan fingerprint density at radius 1 is 1.58 bits per heavy atom. The number of carbonyl (C=O) groups excluding carboxylic acids is 1. The Kier molecular flexibility index (Phi) is 4.59. The van der Waals surface area contributed by atoms with Crippen molar-refractivity contribution >= 4 is 17.2 Å². The van der Waals surface area contributed by atoms with Crippen LogP contribution in [-0.2, 0) is 0 Å². The van der Waals surface area contributed by atoms with Gasteiger partial charge >= 0.3 is 0 Å². The van der Waals surface area contributed by atoms with Crippen LogP contribution in [0.25, 0.3) is 0 Å². The Morgan fingerprint density at radius 2 is 2.37 bits per heavy atom. The van der Waals surface area contributed by atoms with Crippen molar-refractivity contribution in [3.05, 3.63) is 21.9 Å². The van der Waals surface area contributed by atoms with Gasteiger partial charge in [-0.1, -0.05) is 11.8 Å². The van der Waals surface area contributed by atoms with Crippen molar-refractivity contribution in [2.24, 2.45) is 0 Å². The van der Waals surface area contributed by atoms with Crippen LogP contribution in [0.4, 0.5) is 0 Å². The fourth-order valence-electron chi connectivity index (χ4n) is 2.25. The highest BCUT2D eigenvalue weighted by atomic mass is 32.1. The van der Waals surface area contributed by atoms with Crippen molar-refractivity contribution in [1.82, 2.24) is 9.80 Å². The van der Waals surface area contributed by atoms with Crippen molar-refractivity contribution in [3.63, 3.8) is 0 Å². The van der Waals surface area contributed by atoms with E-state index >= 15 is 0 Å². The minimum Gasteiger partial charge on any atom is -0.384 e. The second-order valence-electron chi connectivity index (χ2n) is 4.77. The van der Waals surface area contributed by atoms with E-state index in [4.69, 9.17) is 5.11 Å². The van der Waals surface area contributed by atoms with Crippen molar-refractivity contribution in [3.8, 4) is 11.8 Å². The van der Waals surface area contributed by atoms with Gasteiger partial charge in [0.25, 0.3) is 5.91 Å². The van der Waals surface area contributed by atoms with Crippen LogP contribution in [0.15, 0.2) is 11.4 Å². The van der Waals surface area contributed by atoms with Gasteiger partial charge in [-0.2, -0.15) is 0 Å². The lowest BCUT2D eigenvalue weighted by Crippen LogP contribution is -2.52. The molecular formula is C14H18N2O2S. The van der Waals surface area contributed by atoms with Crippen LogP contribution >= 0.6 is 11.3 Å². The van der Waals surface area contributed by atoms with Gasteiger partial charge in [-0.25, -0.2) is 0 Å². The summed E-state index contributed by atoms with van der Waals surface area (Å²) >= 11 is 1.44. The first-order valence-corrected chi connectivity index (χ1v) is 7.17. The summed E-state index contributed by atoms with van der Waals surface area (Å²) in [5.41, 5.74) is 0.698. The number of nitrogens with zero attached hydrogens (tertiary/aromatic N) is 2. The van der Waals surface area contributed by atoms with Gasteiger partial charge in [0.05, 0.1) is 10.4 Å². The number of hydrogen-bond acceptors (Lipinski definition) is 4. The van der Waals surface area contributed by atoms with E-state index < -0.39 is 0 Å². The first-order chi connectivity index (χ1) is 9.11. The molecule has 1 aliphatic heterocycles. The van der Waals surface area contributed by atoms with Crippen molar-refractivity contribution in [1.29, 1.82) is 0 Å². The van der Waals surface area contributed by atoms with E-state index in [9.17, 15) is 4.79 Å². The molecule has 0 saturated carbocycles. The molecule has 1 saturated heterocycles. The number of thiophene rings is 1. The van der Waals surface area contributed by atoms with Crippen LogP contribution in [0, 0.1) is 11.8 Å². The molecule has 2 rings (SSSR count). The number of likely N-dealkylation sites (N-methyl/N-ethyl adjacent to an activating group) is 1. The summed E-state index contributed by atoms with van der Waals surface area (Å²) in [4.78, 5) is 17.4. The minimum absolute atomic E-state index is 0.0777. The quantitative estimate of drug-likeness (QED) is 0.775. The van der Waals surface area contributed by atoms with E-state index in [1.54, 1.807) is 6.07 Å². The van der Waals surface area contributed by atoms with Crippen LogP contribution in [0.1, 0.15) is 22.2 Å². The van der Waals surface area contributed by atoms with Crippen molar-refractivity contribution in [2.75, 3.05) is 33.3 Å². The summed E-state index contributed by atoms with van der Waals surface area (Å²) in [6.45, 7) is 4.51. The summed E-state index contributed by atoms with van der Waals surface area (Å²) in [6, 6.07) is 2.04. The lowest BCUT2D eigenvalue weighted by molar-refractivity contribution is 0.0534. The Labute approximate surface area is 117 Å². The third-order valence-electron chi connectivity index (χ3n) is 3.23. The van der Waals surface area contributed by atoms with Crippen LogP contribution in [0.2, 0.25) is 0 Å². The first-order valence-electron chi connectivity index (χ1n) is 6.29. The Balaban J connectivity index is 2.09. The van der Waals surface area contributed by atoms with Gasteiger partial charge in [-0.15, -0.1) is 11.3 Å². The average molecular weight is 278 g/mol. The summed E-state index contributed by atoms with van der Waals surface area (Å²) < 4.78 is 0. The Bertz CT molecular complexity index is 515. The molecule has 0 radical (unpaired) electrons. The molecule has 0 bridgehead atoms. The van der Waals surface area contributed by atoms with E-state index in [1.165, 1.54) is 11.3 Å². The summed E-state index contributed by atoms with van der Waals surface area (Å²) in [5, 5.41) is 10.5. The van der Waals surface area contributed by atoms with Gasteiger partial charge in [0.2, 0.25) is 0 Å². The van der Waals surface area contributed by atoms with Crippen LogP contribution in [-0.4, -0.2) is 60.1 Å². The highest BCUT2D eigenvalue weighted by molar-refractivity contribution is 7.10. The first kappa shape index (κ1) is 14.1. The molecule has 1 aliphatic rings. The summed E-state index contributed by atoms with van der Waals surface area (Å²) in [6.07, 6.45) is 0. The molecule has 1 N–H and O–H groups in total. The highest BCUT2D eigenvalue weighted by Crippen LogP contribution is 2.18. The molecular weight excluding hydrogens is 260 g/mol. The zero-order valence-corrected chi connectivity index (χ0v) is 12.0. The fraction of sp³-hybridized carbons (Fsp3) is 0.500. The number of piperazine rings is 1. The van der Waals surface area contributed by atoms with Gasteiger partial charge in [0.1, 0.15) is 6.61 Å². The molecule has 1 amide bonds. The normalized spacial score (nSPS) is 19.9. The van der Waals surface area contributed by atoms with Crippen molar-refractivity contribution < 1.29 is 9.90 Å². The highest BCUT2D eigenvalue weighted by Gasteiger charge is 2.26. The van der Waals surface area contributed by atoms with Crippen LogP contribution in [0.3, 0.4) is 0 Å². The third kappa shape index (κ3) is 3.35. The molecule has 19 heavy (non-hydrogen) atoms. The minimum atomic E-state index is -0.156. The average Bonchev–Trinajstić information content (AvgIpc) is 2.84. The molecule has 1 fully saturated rings. The Hall–Kier alpha value is -1.35. The second kappa shape index (κ2) is 6.20. The van der Waals surface area contributed by atoms with Gasteiger partial charge in [0, 0.05) is 31.1 Å². The van der Waals surface area contributed by atoms with E-state index in [0.717, 1.165) is 24.5 Å². The summed E-state index contributed by atoms with van der Waals surface area (Å²) in [7, 11) is 2.07. The molecule has 1 unspecified atom stereocenters. The molecule has 2 heterocycles. The molecule has 1 aromatic heterocycles. The summed E-state index contributed by atoms with van der Waals surface area (Å²) in [5.74, 6) is 5.50. The maximum Gasteiger partial charge on any atom is 0.255 e. The monoisotopic (exact) mass is 278 g/mol. The second-order valence-corrected chi connectivity index (χ2v) is 5.68. The SMILES string of the molecule is CC1CN(C)CCN1C(=O)c1csc(C#CCO)c1. The lowest BCUT2D eigenvalue weighted by Gasteiger charge is -2.38. The maximum absolute atomic E-state index is 12.4. The molecule has 0 spiro atoms. The number of aliphatic hydroxyl groups is 1. The van der Waals surface area contributed by atoms with E-state index in [2.05, 4.69) is 30.7 Å². The fourth-order valence-corrected chi connectivity index (χ4v) is 3.00. The van der Waals surface area contributed by atoms with E-state index in [1.807, 2.05) is 10.3 Å². The van der Waals surface area contributed by atoms with Crippen LogP contribution in [0.5, 0.6) is 0 Å². The van der Waals surface area contributed by atoms with Crippen LogP contribution < -0.4 is 0 Å².